The SMILES string of the molecule is CN1CCN(Cc2cc3c(N4CCOCC4)nc(-c4cnc(NC(=O)Cc5ccc(F)cc5)cc4C(F)(F)F)nn3c2)CC1.O=S=O. The van der Waals surface area contributed by atoms with Crippen LogP contribution < -0.4 is 10.2 Å². The van der Waals surface area contributed by atoms with Crippen LogP contribution in [0.15, 0.2) is 48.8 Å². The van der Waals surface area contributed by atoms with Crippen molar-refractivity contribution in [1.82, 2.24) is 29.4 Å². The summed E-state index contributed by atoms with van der Waals surface area (Å²) in [6.45, 7) is 6.48. The number of aromatic nitrogens is 4. The molecule has 0 aliphatic carbocycles. The van der Waals surface area contributed by atoms with Gasteiger partial charge in [-0.25, -0.2) is 18.9 Å². The van der Waals surface area contributed by atoms with E-state index in [0.717, 1.165) is 44.0 Å². The Balaban J connectivity index is 0.00000139. The number of rotatable bonds is 7. The summed E-state index contributed by atoms with van der Waals surface area (Å²) in [5, 5.41) is 6.93. The van der Waals surface area contributed by atoms with Crippen molar-refractivity contribution in [3.05, 3.63) is 71.3 Å². The number of pyridine rings is 1. The average molecular weight is 677 g/mol. The molecule has 47 heavy (non-hydrogen) atoms. The second kappa shape index (κ2) is 15.1. The molecule has 2 aliphatic heterocycles. The van der Waals surface area contributed by atoms with E-state index in [-0.39, 0.29) is 23.6 Å². The van der Waals surface area contributed by atoms with Crippen LogP contribution in [-0.2, 0) is 40.2 Å². The zero-order valence-electron chi connectivity index (χ0n) is 25.4. The minimum Gasteiger partial charge on any atom is -0.378 e. The lowest BCUT2D eigenvalue weighted by Crippen LogP contribution is -2.43. The Hall–Kier alpha value is -4.32. The maximum atomic E-state index is 14.4. The van der Waals surface area contributed by atoms with Gasteiger partial charge in [0, 0.05) is 58.2 Å². The molecule has 2 fully saturated rings. The molecule has 4 aromatic rings. The lowest BCUT2D eigenvalue weighted by molar-refractivity contribution is -0.137. The number of amides is 1. The second-order valence-corrected chi connectivity index (χ2v) is 11.3. The van der Waals surface area contributed by atoms with Crippen LogP contribution in [0, 0.1) is 5.82 Å². The Morgan fingerprint density at radius 3 is 2.34 bits per heavy atom. The van der Waals surface area contributed by atoms with E-state index in [2.05, 4.69) is 37.2 Å². The molecule has 2 saturated heterocycles. The molecule has 0 saturated carbocycles. The monoisotopic (exact) mass is 676 g/mol. The first-order chi connectivity index (χ1) is 22.5. The number of fused-ring (bicyclic) bond motifs is 1. The van der Waals surface area contributed by atoms with E-state index in [4.69, 9.17) is 13.2 Å². The first-order valence-corrected chi connectivity index (χ1v) is 15.4. The number of alkyl halides is 3. The largest absolute Gasteiger partial charge is 0.417 e. The Labute approximate surface area is 270 Å². The van der Waals surface area contributed by atoms with Crippen LogP contribution in [0.4, 0.5) is 29.2 Å². The highest BCUT2D eigenvalue weighted by Gasteiger charge is 2.36. The van der Waals surface area contributed by atoms with Crippen LogP contribution in [0.3, 0.4) is 0 Å². The topological polar surface area (TPSA) is 125 Å². The Bertz CT molecular complexity index is 1730. The molecule has 12 nitrogen and oxygen atoms in total. The van der Waals surface area contributed by atoms with Gasteiger partial charge in [0.05, 0.1) is 30.8 Å². The van der Waals surface area contributed by atoms with Crippen LogP contribution in [0.1, 0.15) is 16.7 Å². The van der Waals surface area contributed by atoms with Crippen molar-refractivity contribution in [3.63, 3.8) is 0 Å². The first-order valence-electron chi connectivity index (χ1n) is 14.7. The van der Waals surface area contributed by atoms with E-state index in [1.807, 2.05) is 17.2 Å². The van der Waals surface area contributed by atoms with E-state index >= 15 is 0 Å². The van der Waals surface area contributed by atoms with Gasteiger partial charge in [0.25, 0.3) is 0 Å². The Morgan fingerprint density at radius 2 is 1.68 bits per heavy atom. The molecule has 0 atom stereocenters. The maximum Gasteiger partial charge on any atom is 0.417 e. The van der Waals surface area contributed by atoms with Crippen molar-refractivity contribution in [2.24, 2.45) is 0 Å². The number of morpholine rings is 1. The number of piperazine rings is 1. The fourth-order valence-corrected chi connectivity index (χ4v) is 5.42. The standard InChI is InChI=1S/C30H32F4N8O2.O2S/c1-39-6-8-40(9-7-39)18-21-14-25-29(41-10-12-44-13-11-41)37-28(38-42(25)19-21)23-17-35-26(16-24(23)30(32,33)34)36-27(43)15-20-2-4-22(31)5-3-20;1-3-2/h2-5,14,16-17,19H,6-13,15,18H2,1H3,(H,35,36,43);. The van der Waals surface area contributed by atoms with Crippen molar-refractivity contribution in [2.45, 2.75) is 19.1 Å². The summed E-state index contributed by atoms with van der Waals surface area (Å²) in [5.41, 5.74) is 0.865. The molecule has 250 valence electrons. The molecular formula is C30H32F4N8O4S. The summed E-state index contributed by atoms with van der Waals surface area (Å²) in [4.78, 5) is 27.9. The molecule has 0 spiro atoms. The smallest absolute Gasteiger partial charge is 0.378 e. The van der Waals surface area contributed by atoms with Gasteiger partial charge in [0.2, 0.25) is 5.91 Å². The van der Waals surface area contributed by atoms with Gasteiger partial charge < -0.3 is 19.9 Å². The summed E-state index contributed by atoms with van der Waals surface area (Å²) in [6, 6.07) is 8.07. The summed E-state index contributed by atoms with van der Waals surface area (Å²) < 4.78 is 80.1. The van der Waals surface area contributed by atoms with Crippen molar-refractivity contribution in [2.75, 3.05) is 69.7 Å². The maximum absolute atomic E-state index is 14.4. The average Bonchev–Trinajstić information content (AvgIpc) is 3.45. The lowest BCUT2D eigenvalue weighted by Gasteiger charge is -2.32. The number of ether oxygens (including phenoxy) is 1. The minimum atomic E-state index is -4.78. The summed E-state index contributed by atoms with van der Waals surface area (Å²) >= 11 is -0.750. The fraction of sp³-hybridized carbons (Fsp3) is 0.400. The van der Waals surface area contributed by atoms with Crippen LogP contribution in [0.2, 0.25) is 0 Å². The van der Waals surface area contributed by atoms with Crippen LogP contribution in [0.25, 0.3) is 16.9 Å². The number of nitrogens with zero attached hydrogens (tertiary/aromatic N) is 7. The number of benzene rings is 1. The van der Waals surface area contributed by atoms with Gasteiger partial charge in [0.1, 0.15) is 17.2 Å². The van der Waals surface area contributed by atoms with Crippen molar-refractivity contribution in [1.29, 1.82) is 0 Å². The zero-order valence-corrected chi connectivity index (χ0v) is 26.2. The number of anilines is 2. The van der Waals surface area contributed by atoms with Crippen molar-refractivity contribution < 1.29 is 35.5 Å². The number of halogens is 4. The second-order valence-electron chi connectivity index (χ2n) is 11.1. The van der Waals surface area contributed by atoms with E-state index in [9.17, 15) is 22.4 Å². The molecule has 1 amide bonds. The van der Waals surface area contributed by atoms with Gasteiger partial charge in [-0.1, -0.05) is 12.1 Å². The molecule has 6 rings (SSSR count). The Morgan fingerprint density at radius 1 is 1.00 bits per heavy atom. The zero-order chi connectivity index (χ0) is 33.6. The third-order valence-corrected chi connectivity index (χ3v) is 7.81. The number of likely N-dealkylation sites (N-methyl/N-ethyl adjacent to an activating group) is 1. The molecular weight excluding hydrogens is 644 g/mol. The molecule has 1 aromatic carbocycles. The molecule has 2 aliphatic rings. The normalized spacial score (nSPS) is 16.1. The minimum absolute atomic E-state index is 0.134. The Kier molecular flexibility index (Phi) is 10.9. The van der Waals surface area contributed by atoms with Gasteiger partial charge in [-0.05, 0) is 42.4 Å². The predicted octanol–water partition coefficient (Wildman–Crippen LogP) is 3.04. The highest BCUT2D eigenvalue weighted by molar-refractivity contribution is 7.51. The van der Waals surface area contributed by atoms with E-state index in [0.29, 0.717) is 49.7 Å². The van der Waals surface area contributed by atoms with Crippen molar-refractivity contribution >= 4 is 34.6 Å². The molecule has 5 heterocycles. The van der Waals surface area contributed by atoms with Crippen LogP contribution in [0.5, 0.6) is 0 Å². The fourth-order valence-electron chi connectivity index (χ4n) is 5.42. The molecule has 0 bridgehead atoms. The van der Waals surface area contributed by atoms with E-state index < -0.39 is 35.0 Å². The molecule has 0 unspecified atom stereocenters. The van der Waals surface area contributed by atoms with E-state index in [1.54, 1.807) is 4.52 Å². The highest BCUT2D eigenvalue weighted by atomic mass is 32.1. The summed E-state index contributed by atoms with van der Waals surface area (Å²) in [6.07, 6.45) is -2.06. The van der Waals surface area contributed by atoms with Crippen LogP contribution >= 0.6 is 0 Å². The number of hydrogen-bond donors (Lipinski definition) is 1. The van der Waals surface area contributed by atoms with E-state index in [1.165, 1.54) is 24.3 Å². The number of carbonyl (C=O) groups excluding carboxylic acids is 1. The van der Waals surface area contributed by atoms with Gasteiger partial charge >= 0.3 is 17.7 Å². The molecule has 1 N–H and O–H groups in total. The molecule has 17 heteroatoms. The van der Waals surface area contributed by atoms with Crippen molar-refractivity contribution in [3.8, 4) is 11.4 Å². The third kappa shape index (κ3) is 8.73. The van der Waals surface area contributed by atoms with Crippen LogP contribution in [-0.4, -0.2) is 103 Å². The van der Waals surface area contributed by atoms with Gasteiger partial charge in [-0.2, -0.15) is 21.6 Å². The number of hydrogen-bond acceptors (Lipinski definition) is 10. The number of carbonyl (C=O) groups is 1. The molecule has 3 aromatic heterocycles. The first kappa shape index (κ1) is 34.0. The number of nitrogens with one attached hydrogen (secondary N) is 1. The third-order valence-electron chi connectivity index (χ3n) is 7.81. The summed E-state index contributed by atoms with van der Waals surface area (Å²) in [5.74, 6) is -0.919. The highest BCUT2D eigenvalue weighted by Crippen LogP contribution is 2.38. The molecule has 0 radical (unpaired) electrons. The van der Waals surface area contributed by atoms with Gasteiger partial charge in [-0.15, -0.1) is 5.10 Å². The van der Waals surface area contributed by atoms with Gasteiger partial charge in [-0.3, -0.25) is 9.69 Å². The lowest BCUT2D eigenvalue weighted by atomic mass is 10.1. The quantitative estimate of drug-likeness (QED) is 0.292. The summed E-state index contributed by atoms with van der Waals surface area (Å²) in [7, 11) is 2.09. The van der Waals surface area contributed by atoms with Gasteiger partial charge in [0.15, 0.2) is 11.6 Å². The predicted molar refractivity (Wildman–Crippen MR) is 165 cm³/mol.